The van der Waals surface area contributed by atoms with Crippen molar-refractivity contribution in [3.63, 3.8) is 0 Å². The Kier molecular flexibility index (Phi) is 2.54. The second kappa shape index (κ2) is 3.69. The molecule has 0 spiro atoms. The van der Waals surface area contributed by atoms with Crippen LogP contribution in [0, 0.1) is 0 Å². The van der Waals surface area contributed by atoms with Gasteiger partial charge in [0.25, 0.3) is 0 Å². The molecule has 1 aromatic heterocycles. The van der Waals surface area contributed by atoms with Crippen LogP contribution in [0.25, 0.3) is 0 Å². The predicted octanol–water partition coefficient (Wildman–Crippen LogP) is 2.81. The first-order valence-corrected chi connectivity index (χ1v) is 5.36. The van der Waals surface area contributed by atoms with Gasteiger partial charge in [-0.15, -0.1) is 0 Å². The first-order chi connectivity index (χ1) is 6.68. The number of halogens is 1. The summed E-state index contributed by atoms with van der Waals surface area (Å²) in [6.07, 6.45) is 4.89. The Morgan fingerprint density at radius 1 is 1.57 bits per heavy atom. The summed E-state index contributed by atoms with van der Waals surface area (Å²) in [4.78, 5) is 14.8. The number of aromatic nitrogens is 1. The summed E-state index contributed by atoms with van der Waals surface area (Å²) >= 11 is 3.31. The Balaban J connectivity index is 2.42. The lowest BCUT2D eigenvalue weighted by molar-refractivity contribution is 0.0687. The fourth-order valence-corrected chi connectivity index (χ4v) is 2.01. The highest BCUT2D eigenvalue weighted by molar-refractivity contribution is 9.10. The molecule has 2 rings (SSSR count). The van der Waals surface area contributed by atoms with E-state index in [1.165, 1.54) is 12.6 Å². The minimum atomic E-state index is -0.931. The number of carbonyl (C=O) groups is 1. The van der Waals surface area contributed by atoms with Gasteiger partial charge in [-0.1, -0.05) is 6.42 Å². The van der Waals surface area contributed by atoms with Gasteiger partial charge < -0.3 is 5.11 Å². The van der Waals surface area contributed by atoms with E-state index in [4.69, 9.17) is 5.11 Å². The van der Waals surface area contributed by atoms with E-state index in [9.17, 15) is 4.79 Å². The molecule has 0 bridgehead atoms. The second-order valence-corrected chi connectivity index (χ2v) is 4.44. The second-order valence-electron chi connectivity index (χ2n) is 3.52. The molecule has 1 heterocycles. The average molecular weight is 256 g/mol. The third kappa shape index (κ3) is 1.66. The number of rotatable bonds is 2. The lowest BCUT2D eigenvalue weighted by Gasteiger charge is -2.26. The standard InChI is InChI=1S/C10H10BrNO2/c11-7-4-8(6-2-1-3-6)9(10(13)14)12-5-7/h4-6H,1-3H2,(H,13,14). The number of aromatic carboxylic acids is 1. The van der Waals surface area contributed by atoms with Gasteiger partial charge in [-0.3, -0.25) is 0 Å². The zero-order chi connectivity index (χ0) is 10.1. The molecule has 0 radical (unpaired) electrons. The van der Waals surface area contributed by atoms with Crippen molar-refractivity contribution in [1.82, 2.24) is 4.98 Å². The third-order valence-electron chi connectivity index (χ3n) is 2.63. The summed E-state index contributed by atoms with van der Waals surface area (Å²) in [5.41, 5.74) is 1.08. The van der Waals surface area contributed by atoms with E-state index in [2.05, 4.69) is 20.9 Å². The summed E-state index contributed by atoms with van der Waals surface area (Å²) in [6.45, 7) is 0. The molecule has 1 aliphatic rings. The lowest BCUT2D eigenvalue weighted by atomic mass is 9.79. The van der Waals surface area contributed by atoms with Crippen molar-refractivity contribution in [3.05, 3.63) is 28.0 Å². The Labute approximate surface area is 90.3 Å². The van der Waals surface area contributed by atoms with Gasteiger partial charge in [-0.25, -0.2) is 9.78 Å². The highest BCUT2D eigenvalue weighted by Gasteiger charge is 2.25. The molecule has 1 fully saturated rings. The van der Waals surface area contributed by atoms with Crippen molar-refractivity contribution in [1.29, 1.82) is 0 Å². The van der Waals surface area contributed by atoms with Crippen LogP contribution < -0.4 is 0 Å². The smallest absolute Gasteiger partial charge is 0.354 e. The SMILES string of the molecule is O=C(O)c1ncc(Br)cc1C1CCC1. The molecule has 1 saturated carbocycles. The van der Waals surface area contributed by atoms with E-state index in [1.807, 2.05) is 6.07 Å². The number of carboxylic acids is 1. The van der Waals surface area contributed by atoms with Gasteiger partial charge in [-0.2, -0.15) is 0 Å². The van der Waals surface area contributed by atoms with E-state index in [0.717, 1.165) is 22.9 Å². The highest BCUT2D eigenvalue weighted by atomic mass is 79.9. The summed E-state index contributed by atoms with van der Waals surface area (Å²) < 4.78 is 0.851. The number of pyridine rings is 1. The third-order valence-corrected chi connectivity index (χ3v) is 3.07. The molecule has 4 heteroatoms. The van der Waals surface area contributed by atoms with Crippen LogP contribution in [0.2, 0.25) is 0 Å². The Hall–Kier alpha value is -0.900. The van der Waals surface area contributed by atoms with Crippen LogP contribution >= 0.6 is 15.9 Å². The molecular formula is C10H10BrNO2. The van der Waals surface area contributed by atoms with Crippen molar-refractivity contribution in [2.75, 3.05) is 0 Å². The van der Waals surface area contributed by atoms with Gasteiger partial charge in [-0.05, 0) is 46.3 Å². The maximum Gasteiger partial charge on any atom is 0.354 e. The molecule has 1 N–H and O–H groups in total. The zero-order valence-electron chi connectivity index (χ0n) is 7.53. The molecule has 1 aromatic rings. The van der Waals surface area contributed by atoms with Gasteiger partial charge in [0.05, 0.1) is 0 Å². The lowest BCUT2D eigenvalue weighted by Crippen LogP contribution is -2.15. The topological polar surface area (TPSA) is 50.2 Å². The molecule has 1 aliphatic carbocycles. The Morgan fingerprint density at radius 2 is 2.29 bits per heavy atom. The van der Waals surface area contributed by atoms with Crippen LogP contribution in [0.5, 0.6) is 0 Å². The van der Waals surface area contributed by atoms with E-state index < -0.39 is 5.97 Å². The number of nitrogens with zero attached hydrogens (tertiary/aromatic N) is 1. The molecular weight excluding hydrogens is 246 g/mol. The first-order valence-electron chi connectivity index (χ1n) is 4.57. The fourth-order valence-electron chi connectivity index (χ4n) is 1.66. The van der Waals surface area contributed by atoms with E-state index >= 15 is 0 Å². The van der Waals surface area contributed by atoms with Crippen LogP contribution in [0.3, 0.4) is 0 Å². The Morgan fingerprint density at radius 3 is 2.79 bits per heavy atom. The molecule has 0 unspecified atom stereocenters. The predicted molar refractivity (Wildman–Crippen MR) is 55.5 cm³/mol. The molecule has 0 aliphatic heterocycles. The molecule has 3 nitrogen and oxygen atoms in total. The van der Waals surface area contributed by atoms with E-state index in [1.54, 1.807) is 0 Å². The summed E-state index contributed by atoms with van der Waals surface area (Å²) in [7, 11) is 0. The maximum atomic E-state index is 10.9. The van der Waals surface area contributed by atoms with Crippen LogP contribution in [0.4, 0.5) is 0 Å². The molecule has 0 saturated heterocycles. The minimum Gasteiger partial charge on any atom is -0.477 e. The van der Waals surface area contributed by atoms with Crippen molar-refractivity contribution < 1.29 is 9.90 Å². The fraction of sp³-hybridized carbons (Fsp3) is 0.400. The largest absolute Gasteiger partial charge is 0.477 e. The maximum absolute atomic E-state index is 10.9. The van der Waals surface area contributed by atoms with Crippen LogP contribution in [0.15, 0.2) is 16.7 Å². The summed E-state index contributed by atoms with van der Waals surface area (Å²) in [5.74, 6) is -0.537. The number of hydrogen-bond donors (Lipinski definition) is 1. The zero-order valence-corrected chi connectivity index (χ0v) is 9.12. The van der Waals surface area contributed by atoms with Gasteiger partial charge in [0.2, 0.25) is 0 Å². The quantitative estimate of drug-likeness (QED) is 0.885. The van der Waals surface area contributed by atoms with Crippen molar-refractivity contribution in [2.24, 2.45) is 0 Å². The average Bonchev–Trinajstić information content (AvgIpc) is 2.00. The molecule has 0 aromatic carbocycles. The van der Waals surface area contributed by atoms with Crippen LogP contribution in [0.1, 0.15) is 41.2 Å². The van der Waals surface area contributed by atoms with Gasteiger partial charge in [0, 0.05) is 10.7 Å². The molecule has 0 amide bonds. The van der Waals surface area contributed by atoms with Crippen LogP contribution in [-0.2, 0) is 0 Å². The monoisotopic (exact) mass is 255 g/mol. The van der Waals surface area contributed by atoms with E-state index in [0.29, 0.717) is 5.92 Å². The molecule has 74 valence electrons. The molecule has 14 heavy (non-hydrogen) atoms. The minimum absolute atomic E-state index is 0.206. The van der Waals surface area contributed by atoms with E-state index in [-0.39, 0.29) is 5.69 Å². The van der Waals surface area contributed by atoms with Crippen molar-refractivity contribution >= 4 is 21.9 Å². The summed E-state index contributed by atoms with van der Waals surface area (Å²) in [6, 6.07) is 1.88. The number of hydrogen-bond acceptors (Lipinski definition) is 2. The van der Waals surface area contributed by atoms with Crippen molar-refractivity contribution in [2.45, 2.75) is 25.2 Å². The Bertz CT molecular complexity index is 374. The number of carboxylic acid groups (broad SMARTS) is 1. The van der Waals surface area contributed by atoms with Gasteiger partial charge >= 0.3 is 5.97 Å². The molecule has 0 atom stereocenters. The highest BCUT2D eigenvalue weighted by Crippen LogP contribution is 2.38. The normalized spacial score (nSPS) is 16.4. The van der Waals surface area contributed by atoms with Gasteiger partial charge in [0.15, 0.2) is 5.69 Å². The van der Waals surface area contributed by atoms with Gasteiger partial charge in [0.1, 0.15) is 0 Å². The van der Waals surface area contributed by atoms with Crippen molar-refractivity contribution in [3.8, 4) is 0 Å². The first kappa shape index (κ1) is 9.65. The van der Waals surface area contributed by atoms with Crippen LogP contribution in [-0.4, -0.2) is 16.1 Å². The summed E-state index contributed by atoms with van der Waals surface area (Å²) in [5, 5.41) is 8.95.